The van der Waals surface area contributed by atoms with Crippen molar-refractivity contribution in [1.29, 1.82) is 0 Å². The lowest BCUT2D eigenvalue weighted by Crippen LogP contribution is -2.48. The molecule has 0 radical (unpaired) electrons. The molecule has 0 saturated carbocycles. The number of thiazole rings is 1. The number of carbonyl (C=O) groups excluding carboxylic acids is 1. The van der Waals surface area contributed by atoms with E-state index in [0.29, 0.717) is 23.7 Å². The van der Waals surface area contributed by atoms with Crippen molar-refractivity contribution in [3.63, 3.8) is 0 Å². The van der Waals surface area contributed by atoms with E-state index in [1.807, 2.05) is 5.38 Å². The van der Waals surface area contributed by atoms with Gasteiger partial charge in [-0.2, -0.15) is 0 Å². The van der Waals surface area contributed by atoms with Gasteiger partial charge in [-0.25, -0.2) is 9.37 Å². The number of piperazine rings is 1. The third-order valence-electron chi connectivity index (χ3n) is 5.55. The van der Waals surface area contributed by atoms with Crippen LogP contribution in [0.1, 0.15) is 5.01 Å². The number of halogens is 1. The second-order valence-corrected chi connectivity index (χ2v) is 8.75. The Morgan fingerprint density at radius 1 is 1.03 bits per heavy atom. The number of amides is 1. The van der Waals surface area contributed by atoms with Crippen LogP contribution in [-0.2, 0) is 11.3 Å². The van der Waals surface area contributed by atoms with E-state index < -0.39 is 0 Å². The van der Waals surface area contributed by atoms with Crippen molar-refractivity contribution in [3.05, 3.63) is 58.7 Å². The van der Waals surface area contributed by atoms with E-state index in [9.17, 15) is 9.18 Å². The Morgan fingerprint density at radius 2 is 1.73 bits per heavy atom. The molecule has 7 nitrogen and oxygen atoms in total. The third-order valence-corrected chi connectivity index (χ3v) is 6.38. The maximum absolute atomic E-state index is 13.1. The number of nitrogens with zero attached hydrogens (tertiary/aromatic N) is 3. The van der Waals surface area contributed by atoms with Crippen LogP contribution in [0.15, 0.2) is 47.8 Å². The molecule has 0 spiro atoms. The molecule has 33 heavy (non-hydrogen) atoms. The molecule has 3 aromatic rings. The van der Waals surface area contributed by atoms with Gasteiger partial charge in [0, 0.05) is 48.9 Å². The summed E-state index contributed by atoms with van der Waals surface area (Å²) < 4.78 is 23.7. The Balaban J connectivity index is 1.24. The van der Waals surface area contributed by atoms with Crippen molar-refractivity contribution in [1.82, 2.24) is 14.8 Å². The topological polar surface area (TPSA) is 66.9 Å². The summed E-state index contributed by atoms with van der Waals surface area (Å²) in [6.45, 7) is 4.49. The van der Waals surface area contributed by atoms with E-state index in [-0.39, 0.29) is 11.7 Å². The summed E-state index contributed by atoms with van der Waals surface area (Å²) >= 11 is 1.62. The van der Waals surface area contributed by atoms with E-state index in [2.05, 4.69) is 15.1 Å². The highest BCUT2D eigenvalue weighted by Gasteiger charge is 2.20. The second kappa shape index (κ2) is 10.7. The summed E-state index contributed by atoms with van der Waals surface area (Å²) in [6, 6.07) is 11.7. The Morgan fingerprint density at radius 3 is 2.42 bits per heavy atom. The molecule has 1 fully saturated rings. The molecular formula is C24H27FN4O3S. The first-order chi connectivity index (χ1) is 16.0. The minimum Gasteiger partial charge on any atom is -0.493 e. The van der Waals surface area contributed by atoms with Crippen molar-refractivity contribution in [2.75, 3.05) is 52.3 Å². The van der Waals surface area contributed by atoms with Crippen LogP contribution >= 0.6 is 11.3 Å². The number of ether oxygens (including phenoxy) is 2. The van der Waals surface area contributed by atoms with Gasteiger partial charge in [0.15, 0.2) is 11.5 Å². The number of anilines is 1. The molecule has 174 valence electrons. The number of hydrogen-bond acceptors (Lipinski definition) is 7. The van der Waals surface area contributed by atoms with Gasteiger partial charge in [0.25, 0.3) is 0 Å². The Bertz CT molecular complexity index is 1080. The summed E-state index contributed by atoms with van der Waals surface area (Å²) in [5, 5.41) is 5.97. The fraction of sp³-hybridized carbons (Fsp3) is 0.333. The molecule has 0 unspecified atom stereocenters. The van der Waals surface area contributed by atoms with E-state index in [1.165, 1.54) is 12.1 Å². The van der Waals surface area contributed by atoms with Crippen molar-refractivity contribution in [3.8, 4) is 22.8 Å². The minimum atomic E-state index is -0.246. The van der Waals surface area contributed by atoms with E-state index in [0.717, 1.165) is 49.0 Å². The van der Waals surface area contributed by atoms with Gasteiger partial charge in [0.05, 0.1) is 33.0 Å². The largest absolute Gasteiger partial charge is 0.493 e. The number of aromatic nitrogens is 1. The minimum absolute atomic E-state index is 0.0560. The normalized spacial score (nSPS) is 14.8. The van der Waals surface area contributed by atoms with Crippen LogP contribution in [0.2, 0.25) is 0 Å². The molecule has 4 rings (SSSR count). The zero-order chi connectivity index (χ0) is 23.2. The number of benzene rings is 2. The first kappa shape index (κ1) is 23.2. The van der Waals surface area contributed by atoms with Crippen LogP contribution in [-0.4, -0.2) is 67.6 Å². The lowest BCUT2D eigenvalue weighted by molar-refractivity contribution is -0.117. The maximum atomic E-state index is 13.1. The highest BCUT2D eigenvalue weighted by atomic mass is 32.1. The molecular weight excluding hydrogens is 443 g/mol. The predicted octanol–water partition coefficient (Wildman–Crippen LogP) is 3.72. The summed E-state index contributed by atoms with van der Waals surface area (Å²) in [6.07, 6.45) is 0. The van der Waals surface area contributed by atoms with Crippen LogP contribution < -0.4 is 14.8 Å². The number of carbonyl (C=O) groups is 1. The molecule has 1 N–H and O–H groups in total. The number of nitrogens with one attached hydrogen (secondary N) is 1. The average Bonchev–Trinajstić information content (AvgIpc) is 3.29. The van der Waals surface area contributed by atoms with E-state index >= 15 is 0 Å². The van der Waals surface area contributed by atoms with E-state index in [4.69, 9.17) is 14.5 Å². The van der Waals surface area contributed by atoms with Crippen LogP contribution in [0.4, 0.5) is 10.1 Å². The Kier molecular flexibility index (Phi) is 7.54. The first-order valence-electron chi connectivity index (χ1n) is 10.7. The molecule has 9 heteroatoms. The van der Waals surface area contributed by atoms with Gasteiger partial charge in [-0.1, -0.05) is 0 Å². The standard InChI is InChI=1S/C24H27FN4O3S/c1-31-21-8-7-19(13-22(21)32-2)26-23(30)14-28-9-11-29(12-10-28)15-24-27-20(16-33-24)17-3-5-18(25)6-4-17/h3-8,13,16H,9-12,14-15H2,1-2H3,(H,26,30). The molecule has 0 bridgehead atoms. The predicted molar refractivity (Wildman–Crippen MR) is 127 cm³/mol. The molecule has 2 aromatic carbocycles. The highest BCUT2D eigenvalue weighted by molar-refractivity contribution is 7.09. The summed E-state index contributed by atoms with van der Waals surface area (Å²) in [4.78, 5) is 21.7. The van der Waals surface area contributed by atoms with E-state index in [1.54, 1.807) is 55.9 Å². The first-order valence-corrected chi connectivity index (χ1v) is 11.6. The molecule has 1 aliphatic rings. The molecule has 1 saturated heterocycles. The summed E-state index contributed by atoms with van der Waals surface area (Å²) in [7, 11) is 3.15. The van der Waals surface area contributed by atoms with Crippen molar-refractivity contribution >= 4 is 22.9 Å². The van der Waals surface area contributed by atoms with Gasteiger partial charge in [-0.3, -0.25) is 14.6 Å². The number of rotatable bonds is 8. The smallest absolute Gasteiger partial charge is 0.238 e. The number of methoxy groups -OCH3 is 2. The zero-order valence-corrected chi connectivity index (χ0v) is 19.5. The molecule has 2 heterocycles. The molecule has 1 amide bonds. The molecule has 0 aliphatic carbocycles. The van der Waals surface area contributed by atoms with Crippen LogP contribution in [0.25, 0.3) is 11.3 Å². The zero-order valence-electron chi connectivity index (χ0n) is 18.7. The van der Waals surface area contributed by atoms with Crippen LogP contribution in [0.5, 0.6) is 11.5 Å². The van der Waals surface area contributed by atoms with Gasteiger partial charge in [-0.05, 0) is 36.4 Å². The average molecular weight is 471 g/mol. The van der Waals surface area contributed by atoms with Gasteiger partial charge >= 0.3 is 0 Å². The second-order valence-electron chi connectivity index (χ2n) is 7.80. The Labute approximate surface area is 196 Å². The highest BCUT2D eigenvalue weighted by Crippen LogP contribution is 2.29. The van der Waals surface area contributed by atoms with Gasteiger partial charge in [-0.15, -0.1) is 11.3 Å². The van der Waals surface area contributed by atoms with Gasteiger partial charge in [0.1, 0.15) is 10.8 Å². The summed E-state index contributed by atoms with van der Waals surface area (Å²) in [5.74, 6) is 0.898. The fourth-order valence-corrected chi connectivity index (χ4v) is 4.60. The third kappa shape index (κ3) is 6.07. The monoisotopic (exact) mass is 470 g/mol. The summed E-state index contributed by atoms with van der Waals surface area (Å²) in [5.41, 5.74) is 2.47. The molecule has 1 aliphatic heterocycles. The number of hydrogen-bond donors (Lipinski definition) is 1. The van der Waals surface area contributed by atoms with Gasteiger partial charge < -0.3 is 14.8 Å². The quantitative estimate of drug-likeness (QED) is 0.541. The molecule has 0 atom stereocenters. The SMILES string of the molecule is COc1ccc(NC(=O)CN2CCN(Cc3nc(-c4ccc(F)cc4)cs3)CC2)cc1OC. The fourth-order valence-electron chi connectivity index (χ4n) is 3.75. The van der Waals surface area contributed by atoms with Crippen LogP contribution in [0, 0.1) is 5.82 Å². The molecule has 1 aromatic heterocycles. The van der Waals surface area contributed by atoms with Gasteiger partial charge in [0.2, 0.25) is 5.91 Å². The van der Waals surface area contributed by atoms with Crippen LogP contribution in [0.3, 0.4) is 0 Å². The van der Waals surface area contributed by atoms with Crippen molar-refractivity contribution < 1.29 is 18.7 Å². The lowest BCUT2D eigenvalue weighted by Gasteiger charge is -2.33. The van der Waals surface area contributed by atoms with Crippen molar-refractivity contribution in [2.24, 2.45) is 0 Å². The maximum Gasteiger partial charge on any atom is 0.238 e. The van der Waals surface area contributed by atoms with Crippen molar-refractivity contribution in [2.45, 2.75) is 6.54 Å². The Hall–Kier alpha value is -3.01. The lowest BCUT2D eigenvalue weighted by atomic mass is 10.2.